The molecule has 0 saturated carbocycles. The number of rotatable bonds is 7. The van der Waals surface area contributed by atoms with Crippen LogP contribution in [-0.4, -0.2) is 12.6 Å². The van der Waals surface area contributed by atoms with Crippen LogP contribution in [0.5, 0.6) is 0 Å². The molecule has 0 aliphatic carbocycles. The maximum absolute atomic E-state index is 3.54. The number of hydrogen-bond acceptors (Lipinski definition) is 1. The van der Waals surface area contributed by atoms with Gasteiger partial charge in [-0.05, 0) is 47.9 Å². The van der Waals surface area contributed by atoms with E-state index in [0.717, 1.165) is 19.4 Å². The maximum Gasteiger partial charge on any atom is 0.00103 e. The van der Waals surface area contributed by atoms with Crippen LogP contribution in [-0.2, 0) is 18.3 Å². The molecule has 1 rings (SSSR count). The SMILES string of the molecule is CCc1ccc(CC)c(C(C)(C)CCNC(C)C)c1. The third-order valence-electron chi connectivity index (χ3n) is 4.00. The summed E-state index contributed by atoms with van der Waals surface area (Å²) in [6.07, 6.45) is 3.43. The Balaban J connectivity index is 2.91. The quantitative estimate of drug-likeness (QED) is 0.763. The Kier molecular flexibility index (Phi) is 6.06. The summed E-state index contributed by atoms with van der Waals surface area (Å²) < 4.78 is 0. The smallest absolute Gasteiger partial charge is 0.00103 e. The van der Waals surface area contributed by atoms with Crippen LogP contribution in [0.2, 0.25) is 0 Å². The van der Waals surface area contributed by atoms with E-state index in [1.54, 1.807) is 5.56 Å². The minimum absolute atomic E-state index is 0.248. The molecule has 1 nitrogen and oxygen atoms in total. The van der Waals surface area contributed by atoms with Crippen molar-refractivity contribution in [3.8, 4) is 0 Å². The fourth-order valence-corrected chi connectivity index (χ4v) is 2.59. The summed E-state index contributed by atoms with van der Waals surface area (Å²) in [5.41, 5.74) is 4.75. The molecule has 0 heterocycles. The normalized spacial score (nSPS) is 12.2. The van der Waals surface area contributed by atoms with Gasteiger partial charge in [-0.2, -0.15) is 0 Å². The molecule has 0 spiro atoms. The summed E-state index contributed by atoms with van der Waals surface area (Å²) >= 11 is 0. The Morgan fingerprint density at radius 1 is 1.11 bits per heavy atom. The summed E-state index contributed by atoms with van der Waals surface area (Å²) in [5.74, 6) is 0. The van der Waals surface area contributed by atoms with Gasteiger partial charge in [-0.25, -0.2) is 0 Å². The fraction of sp³-hybridized carbons (Fsp3) is 0.667. The highest BCUT2D eigenvalue weighted by molar-refractivity contribution is 5.37. The van der Waals surface area contributed by atoms with Crippen molar-refractivity contribution in [3.05, 3.63) is 34.9 Å². The van der Waals surface area contributed by atoms with Gasteiger partial charge in [0.1, 0.15) is 0 Å². The second-order valence-corrected chi connectivity index (χ2v) is 6.44. The first-order valence-corrected chi connectivity index (χ1v) is 7.76. The molecule has 0 aromatic heterocycles. The summed E-state index contributed by atoms with van der Waals surface area (Å²) in [7, 11) is 0. The van der Waals surface area contributed by atoms with Crippen LogP contribution >= 0.6 is 0 Å². The van der Waals surface area contributed by atoms with Gasteiger partial charge >= 0.3 is 0 Å². The Labute approximate surface area is 119 Å². The molecule has 0 unspecified atom stereocenters. The Morgan fingerprint density at radius 3 is 2.32 bits per heavy atom. The summed E-state index contributed by atoms with van der Waals surface area (Å²) in [6, 6.07) is 7.61. The van der Waals surface area contributed by atoms with E-state index in [2.05, 4.69) is 65.1 Å². The zero-order valence-corrected chi connectivity index (χ0v) is 13.6. The van der Waals surface area contributed by atoms with Crippen LogP contribution < -0.4 is 5.32 Å². The molecular weight excluding hydrogens is 230 g/mol. The van der Waals surface area contributed by atoms with Crippen LogP contribution in [0.15, 0.2) is 18.2 Å². The van der Waals surface area contributed by atoms with Crippen LogP contribution in [0.4, 0.5) is 0 Å². The van der Waals surface area contributed by atoms with E-state index in [-0.39, 0.29) is 5.41 Å². The second-order valence-electron chi connectivity index (χ2n) is 6.44. The van der Waals surface area contributed by atoms with Crippen molar-refractivity contribution in [2.45, 2.75) is 72.3 Å². The molecular formula is C18H31N. The molecule has 0 saturated heterocycles. The van der Waals surface area contributed by atoms with Gasteiger partial charge in [0.25, 0.3) is 0 Å². The molecule has 0 aliphatic heterocycles. The van der Waals surface area contributed by atoms with Crippen LogP contribution in [0.25, 0.3) is 0 Å². The van der Waals surface area contributed by atoms with Gasteiger partial charge in [0.05, 0.1) is 0 Å². The van der Waals surface area contributed by atoms with Crippen molar-refractivity contribution in [2.75, 3.05) is 6.54 Å². The van der Waals surface area contributed by atoms with E-state index in [9.17, 15) is 0 Å². The van der Waals surface area contributed by atoms with Crippen LogP contribution in [0, 0.1) is 0 Å². The molecule has 1 aromatic rings. The average molecular weight is 261 g/mol. The van der Waals surface area contributed by atoms with E-state index in [4.69, 9.17) is 0 Å². The number of aryl methyl sites for hydroxylation is 2. The first-order chi connectivity index (χ1) is 8.90. The van der Waals surface area contributed by atoms with Crippen molar-refractivity contribution in [1.82, 2.24) is 5.32 Å². The molecule has 0 aliphatic rings. The highest BCUT2D eigenvalue weighted by Gasteiger charge is 2.23. The maximum atomic E-state index is 3.54. The van der Waals surface area contributed by atoms with Gasteiger partial charge in [-0.1, -0.05) is 59.7 Å². The highest BCUT2D eigenvalue weighted by atomic mass is 14.9. The van der Waals surface area contributed by atoms with E-state index in [0.29, 0.717) is 6.04 Å². The second kappa shape index (κ2) is 7.09. The van der Waals surface area contributed by atoms with Crippen LogP contribution in [0.3, 0.4) is 0 Å². The number of hydrogen-bond donors (Lipinski definition) is 1. The van der Waals surface area contributed by atoms with Crippen molar-refractivity contribution in [1.29, 1.82) is 0 Å². The zero-order valence-electron chi connectivity index (χ0n) is 13.6. The summed E-state index contributed by atoms with van der Waals surface area (Å²) in [4.78, 5) is 0. The predicted octanol–water partition coefficient (Wildman–Crippen LogP) is 4.48. The standard InChI is InChI=1S/C18H31N/c1-7-15-9-10-16(8-2)17(13-15)18(5,6)11-12-19-14(3)4/h9-10,13-14,19H,7-8,11-12H2,1-6H3. The summed E-state index contributed by atoms with van der Waals surface area (Å²) in [5, 5.41) is 3.54. The van der Waals surface area contributed by atoms with E-state index in [1.165, 1.54) is 17.5 Å². The van der Waals surface area contributed by atoms with E-state index < -0.39 is 0 Å². The third kappa shape index (κ3) is 4.65. The Hall–Kier alpha value is -0.820. The van der Waals surface area contributed by atoms with E-state index in [1.807, 2.05) is 0 Å². The van der Waals surface area contributed by atoms with Crippen molar-refractivity contribution in [2.24, 2.45) is 0 Å². The lowest BCUT2D eigenvalue weighted by atomic mass is 9.77. The minimum atomic E-state index is 0.248. The molecule has 0 atom stereocenters. The molecule has 0 fully saturated rings. The van der Waals surface area contributed by atoms with Crippen LogP contribution in [0.1, 0.15) is 64.7 Å². The first-order valence-electron chi connectivity index (χ1n) is 7.76. The van der Waals surface area contributed by atoms with Gasteiger partial charge < -0.3 is 5.32 Å². The van der Waals surface area contributed by atoms with Gasteiger partial charge in [0.15, 0.2) is 0 Å². The van der Waals surface area contributed by atoms with Gasteiger partial charge in [0, 0.05) is 6.04 Å². The Morgan fingerprint density at radius 2 is 1.79 bits per heavy atom. The minimum Gasteiger partial charge on any atom is -0.315 e. The molecule has 19 heavy (non-hydrogen) atoms. The lowest BCUT2D eigenvalue weighted by Crippen LogP contribution is -2.30. The largest absolute Gasteiger partial charge is 0.315 e. The fourth-order valence-electron chi connectivity index (χ4n) is 2.59. The predicted molar refractivity (Wildman–Crippen MR) is 86.0 cm³/mol. The molecule has 0 bridgehead atoms. The molecule has 1 aromatic carbocycles. The molecule has 108 valence electrons. The molecule has 0 amide bonds. The van der Waals surface area contributed by atoms with Crippen molar-refractivity contribution < 1.29 is 0 Å². The topological polar surface area (TPSA) is 12.0 Å². The van der Waals surface area contributed by atoms with Gasteiger partial charge in [-0.3, -0.25) is 0 Å². The van der Waals surface area contributed by atoms with Crippen molar-refractivity contribution in [3.63, 3.8) is 0 Å². The number of benzene rings is 1. The van der Waals surface area contributed by atoms with Crippen molar-refractivity contribution >= 4 is 0 Å². The Bertz CT molecular complexity index is 391. The highest BCUT2D eigenvalue weighted by Crippen LogP contribution is 2.31. The zero-order chi connectivity index (χ0) is 14.5. The lowest BCUT2D eigenvalue weighted by Gasteiger charge is -2.29. The lowest BCUT2D eigenvalue weighted by molar-refractivity contribution is 0.438. The average Bonchev–Trinajstić information content (AvgIpc) is 2.37. The van der Waals surface area contributed by atoms with Gasteiger partial charge in [-0.15, -0.1) is 0 Å². The monoisotopic (exact) mass is 261 g/mol. The molecule has 1 heteroatoms. The third-order valence-corrected chi connectivity index (χ3v) is 4.00. The van der Waals surface area contributed by atoms with E-state index >= 15 is 0 Å². The summed E-state index contributed by atoms with van der Waals surface area (Å²) in [6.45, 7) is 14.8. The molecule has 0 radical (unpaired) electrons. The first kappa shape index (κ1) is 16.2. The molecule has 1 N–H and O–H groups in total. The number of nitrogens with one attached hydrogen (secondary N) is 1. The van der Waals surface area contributed by atoms with Gasteiger partial charge in [0.2, 0.25) is 0 Å².